The minimum absolute atomic E-state index is 0.321. The first-order valence-electron chi connectivity index (χ1n) is 12.6. The lowest BCUT2D eigenvalue weighted by Crippen LogP contribution is -2.71. The first-order valence-corrected chi connectivity index (χ1v) is 13.5. The van der Waals surface area contributed by atoms with Gasteiger partial charge >= 0.3 is 12.0 Å². The Morgan fingerprint density at radius 1 is 1.33 bits per heavy atom. The van der Waals surface area contributed by atoms with Gasteiger partial charge in [0.15, 0.2) is 5.82 Å². The van der Waals surface area contributed by atoms with Crippen molar-refractivity contribution in [2.75, 3.05) is 31.6 Å². The Hall–Kier alpha value is -4.10. The number of urea groups is 1. The zero-order valence-electron chi connectivity index (χ0n) is 21.8. The van der Waals surface area contributed by atoms with Gasteiger partial charge in [0.1, 0.15) is 0 Å². The molecule has 0 bridgehead atoms. The van der Waals surface area contributed by atoms with Crippen LogP contribution in [0.15, 0.2) is 47.2 Å². The highest BCUT2D eigenvalue weighted by atomic mass is 32.1. The number of rotatable bonds is 7. The molecule has 2 aliphatic rings. The molecule has 0 radical (unpaired) electrons. The van der Waals surface area contributed by atoms with E-state index in [9.17, 15) is 14.7 Å². The number of aliphatic carboxylic acids is 1. The number of ether oxygens (including phenoxy) is 1. The topological polar surface area (TPSA) is 154 Å². The highest BCUT2D eigenvalue weighted by Gasteiger charge is 2.57. The molecule has 2 aromatic heterocycles. The van der Waals surface area contributed by atoms with Crippen molar-refractivity contribution in [2.24, 2.45) is 16.3 Å². The number of carbonyl (C=O) groups is 2. The van der Waals surface area contributed by atoms with E-state index in [-0.39, 0.29) is 0 Å². The number of piperidine rings is 1. The van der Waals surface area contributed by atoms with Crippen molar-refractivity contribution in [3.05, 3.63) is 42.2 Å². The molecule has 5 rings (SSSR count). The van der Waals surface area contributed by atoms with Gasteiger partial charge in [-0.3, -0.25) is 10.1 Å². The molecule has 4 heterocycles. The van der Waals surface area contributed by atoms with Gasteiger partial charge in [-0.1, -0.05) is 0 Å². The number of thiazole rings is 1. The van der Waals surface area contributed by atoms with Crippen LogP contribution in [0.2, 0.25) is 0 Å². The van der Waals surface area contributed by atoms with E-state index in [1.165, 1.54) is 11.3 Å². The summed E-state index contributed by atoms with van der Waals surface area (Å²) in [5, 5.41) is 19.5. The van der Waals surface area contributed by atoms with Crippen LogP contribution in [0, 0.1) is 11.3 Å². The summed E-state index contributed by atoms with van der Waals surface area (Å²) in [6.45, 7) is 4.78. The van der Waals surface area contributed by atoms with Crippen molar-refractivity contribution >= 4 is 45.5 Å². The molecule has 13 heteroatoms. The number of anilines is 1. The summed E-state index contributed by atoms with van der Waals surface area (Å²) in [7, 11) is 1.54. The fourth-order valence-electron chi connectivity index (χ4n) is 5.23. The number of methoxy groups -OCH3 is 1. The fourth-order valence-corrected chi connectivity index (χ4v) is 6.01. The Labute approximate surface area is 229 Å². The van der Waals surface area contributed by atoms with Gasteiger partial charge in [-0.05, 0) is 45.0 Å². The smallest absolute Gasteiger partial charge is 0.318 e. The Bertz CT molecular complexity index is 1460. The lowest BCUT2D eigenvalue weighted by atomic mass is 9.68. The number of hydrogen-bond acceptors (Lipinski definition) is 10. The summed E-state index contributed by atoms with van der Waals surface area (Å²) in [6, 6.07) is 5.01. The molecule has 12 nitrogen and oxygen atoms in total. The van der Waals surface area contributed by atoms with Gasteiger partial charge in [-0.25, -0.2) is 19.8 Å². The summed E-state index contributed by atoms with van der Waals surface area (Å²) >= 11 is 1.46. The van der Waals surface area contributed by atoms with Crippen LogP contribution in [-0.4, -0.2) is 70.8 Å². The number of hydrogen-bond donors (Lipinski definition) is 4. The summed E-state index contributed by atoms with van der Waals surface area (Å²) in [5.41, 5.74) is 2.63. The SMILES string of the molecule is CCNC(=O)NC1(C2CNCCC2(C)C(=O)O)N=CC=CN1c1cc(-c2nccc(OC)n2)c2scnc2c1. The summed E-state index contributed by atoms with van der Waals surface area (Å²) in [6.07, 6.45) is 7.12. The average Bonchev–Trinajstić information content (AvgIpc) is 3.42. The molecule has 0 aliphatic carbocycles. The Morgan fingerprint density at radius 2 is 2.18 bits per heavy atom. The predicted octanol–water partition coefficient (Wildman–Crippen LogP) is 2.84. The van der Waals surface area contributed by atoms with Crippen LogP contribution < -0.4 is 25.6 Å². The molecule has 39 heavy (non-hydrogen) atoms. The number of fused-ring (bicyclic) bond motifs is 1. The van der Waals surface area contributed by atoms with Crippen molar-refractivity contribution in [2.45, 2.75) is 26.1 Å². The van der Waals surface area contributed by atoms with Crippen molar-refractivity contribution in [1.82, 2.24) is 30.9 Å². The van der Waals surface area contributed by atoms with Gasteiger partial charge in [-0.2, -0.15) is 4.98 Å². The zero-order chi connectivity index (χ0) is 27.6. The van der Waals surface area contributed by atoms with Gasteiger partial charge in [-0.15, -0.1) is 11.3 Å². The van der Waals surface area contributed by atoms with Crippen LogP contribution in [-0.2, 0) is 4.79 Å². The van der Waals surface area contributed by atoms with Crippen LogP contribution in [0.25, 0.3) is 21.6 Å². The number of carboxylic acid groups (broad SMARTS) is 1. The third-order valence-corrected chi connectivity index (χ3v) is 8.16. The molecular weight excluding hydrogens is 520 g/mol. The average molecular weight is 551 g/mol. The lowest BCUT2D eigenvalue weighted by Gasteiger charge is -2.52. The molecule has 1 aromatic carbocycles. The predicted molar refractivity (Wildman–Crippen MR) is 149 cm³/mol. The van der Waals surface area contributed by atoms with E-state index in [0.717, 1.165) is 10.3 Å². The quantitative estimate of drug-likeness (QED) is 0.348. The summed E-state index contributed by atoms with van der Waals surface area (Å²) in [4.78, 5) is 45.9. The number of carboxylic acids is 1. The van der Waals surface area contributed by atoms with E-state index in [2.05, 4.69) is 30.9 Å². The maximum atomic E-state index is 13.1. The molecular formula is C26H30N8O4S. The second kappa shape index (κ2) is 10.6. The van der Waals surface area contributed by atoms with E-state index in [0.29, 0.717) is 49.0 Å². The molecule has 1 fully saturated rings. The highest BCUT2D eigenvalue weighted by molar-refractivity contribution is 7.17. The van der Waals surface area contributed by atoms with E-state index >= 15 is 0 Å². The Balaban J connectivity index is 1.71. The fraction of sp³-hybridized carbons (Fsp3) is 0.385. The maximum Gasteiger partial charge on any atom is 0.318 e. The van der Waals surface area contributed by atoms with Crippen molar-refractivity contribution in [1.29, 1.82) is 0 Å². The summed E-state index contributed by atoms with van der Waals surface area (Å²) < 4.78 is 6.20. The minimum Gasteiger partial charge on any atom is -0.481 e. The van der Waals surface area contributed by atoms with Crippen LogP contribution in [0.3, 0.4) is 0 Å². The minimum atomic E-state index is -1.47. The van der Waals surface area contributed by atoms with Gasteiger partial charge in [0, 0.05) is 49.0 Å². The van der Waals surface area contributed by atoms with E-state index in [1.807, 2.05) is 24.0 Å². The maximum absolute atomic E-state index is 13.1. The van der Waals surface area contributed by atoms with Gasteiger partial charge in [0.2, 0.25) is 11.7 Å². The molecule has 3 unspecified atom stereocenters. The molecule has 0 spiro atoms. The number of carbonyl (C=O) groups excluding carboxylic acids is 1. The largest absolute Gasteiger partial charge is 0.481 e. The normalized spacial score (nSPS) is 24.5. The van der Waals surface area contributed by atoms with Crippen LogP contribution in [0.4, 0.5) is 10.5 Å². The third-order valence-electron chi connectivity index (χ3n) is 7.28. The van der Waals surface area contributed by atoms with Crippen LogP contribution in [0.1, 0.15) is 20.3 Å². The number of amides is 2. The number of aromatic nitrogens is 3. The summed E-state index contributed by atoms with van der Waals surface area (Å²) in [5.74, 6) is -2.20. The van der Waals surface area contributed by atoms with Gasteiger partial charge in [0.05, 0.1) is 34.2 Å². The third kappa shape index (κ3) is 4.68. The molecule has 1 saturated heterocycles. The number of allylic oxidation sites excluding steroid dienone is 1. The molecule has 4 N–H and O–H groups in total. The van der Waals surface area contributed by atoms with Gasteiger partial charge < -0.3 is 25.4 Å². The lowest BCUT2D eigenvalue weighted by molar-refractivity contribution is -0.155. The number of nitrogens with one attached hydrogen (secondary N) is 3. The second-order valence-electron chi connectivity index (χ2n) is 9.55. The first kappa shape index (κ1) is 26.5. The monoisotopic (exact) mass is 550 g/mol. The molecule has 204 valence electrons. The Kier molecular flexibility index (Phi) is 7.19. The zero-order valence-corrected chi connectivity index (χ0v) is 22.7. The number of aliphatic imine (C=N–C) groups is 1. The number of benzene rings is 1. The molecule has 3 aromatic rings. The number of nitrogens with zero attached hydrogens (tertiary/aromatic N) is 5. The molecule has 2 amide bonds. The van der Waals surface area contributed by atoms with Gasteiger partial charge in [0.25, 0.3) is 0 Å². The second-order valence-corrected chi connectivity index (χ2v) is 10.4. The standard InChI is InChI=1S/C26H30N8O4S/c1-4-28-24(37)33-26(19-14-27-10-7-25(19,2)23(35)36)31-8-5-11-34(26)16-12-17(21-18(13-16)30-15-39-21)22-29-9-6-20(32-22)38-3/h5-6,8-9,11-13,15,19,27H,4,7,10,14H2,1-3H3,(H,35,36)(H2,28,33,37). The van der Waals surface area contributed by atoms with E-state index in [1.54, 1.807) is 50.3 Å². The molecule has 2 aliphatic heterocycles. The Morgan fingerprint density at radius 3 is 2.95 bits per heavy atom. The van der Waals surface area contributed by atoms with Crippen molar-refractivity contribution in [3.63, 3.8) is 0 Å². The molecule has 0 saturated carbocycles. The van der Waals surface area contributed by atoms with Crippen molar-refractivity contribution in [3.8, 4) is 17.3 Å². The van der Waals surface area contributed by atoms with E-state index in [4.69, 9.17) is 9.73 Å². The van der Waals surface area contributed by atoms with Crippen LogP contribution in [0.5, 0.6) is 5.88 Å². The highest BCUT2D eigenvalue weighted by Crippen LogP contribution is 2.46. The first-order chi connectivity index (χ1) is 18.8. The van der Waals surface area contributed by atoms with E-state index < -0.39 is 29.1 Å². The van der Waals surface area contributed by atoms with Crippen LogP contribution >= 0.6 is 11.3 Å². The molecule has 3 atom stereocenters. The van der Waals surface area contributed by atoms with Crippen molar-refractivity contribution < 1.29 is 19.4 Å².